The largest absolute Gasteiger partial charge is 0.480 e. The number of fused-ring (bicyclic) bond motifs is 1. The van der Waals surface area contributed by atoms with Crippen molar-refractivity contribution >= 4 is 71.4 Å². The molecule has 16 heavy (non-hydrogen) atoms. The second-order valence-electron chi connectivity index (χ2n) is 3.99. The smallest absolute Gasteiger partial charge is 0.327 e. The number of carboxylic acid groups (broad SMARTS) is 1. The second-order valence-corrected chi connectivity index (χ2v) is 9.73. The molecule has 0 aromatic heterocycles. The number of aliphatic carboxylic acids is 1. The minimum atomic E-state index is -0.958. The Morgan fingerprint density at radius 3 is 2.62 bits per heavy atom. The molecule has 3 atom stereocenters. The van der Waals surface area contributed by atoms with E-state index in [0.29, 0.717) is 5.33 Å². The van der Waals surface area contributed by atoms with Gasteiger partial charge in [-0.25, -0.2) is 4.79 Å². The number of amides is 1. The van der Waals surface area contributed by atoms with Crippen molar-refractivity contribution in [1.29, 1.82) is 0 Å². The molecule has 0 bridgehead atoms. The molecular weight excluding hydrogens is 430 g/mol. The number of thioether (sulfide) groups is 1. The normalized spacial score (nSPS) is 40.5. The Morgan fingerprint density at radius 1 is 1.62 bits per heavy atom. The van der Waals surface area contributed by atoms with E-state index in [4.69, 9.17) is 0 Å². The molecule has 90 valence electrons. The summed E-state index contributed by atoms with van der Waals surface area (Å²) in [4.78, 5) is 24.5. The van der Waals surface area contributed by atoms with Gasteiger partial charge in [-0.05, 0) is 6.92 Å². The lowest BCUT2D eigenvalue weighted by Crippen LogP contribution is -2.68. The number of carbonyl (C=O) groups excluding carboxylic acids is 1. The Hall–Kier alpha value is 0.730. The first-order chi connectivity index (χ1) is 7.25. The molecule has 0 spiro atoms. The summed E-state index contributed by atoms with van der Waals surface area (Å²) in [6.07, 6.45) is 0. The summed E-state index contributed by atoms with van der Waals surface area (Å²) in [5.74, 6) is -1.18. The highest BCUT2D eigenvalue weighted by Gasteiger charge is 2.70. The van der Waals surface area contributed by atoms with Crippen LogP contribution in [0.5, 0.6) is 0 Å². The summed E-state index contributed by atoms with van der Waals surface area (Å²) < 4.78 is -1.31. The predicted octanol–water partition coefficient (Wildman–Crippen LogP) is 1.99. The van der Waals surface area contributed by atoms with Gasteiger partial charge in [0.2, 0.25) is 0 Å². The van der Waals surface area contributed by atoms with E-state index in [1.54, 1.807) is 0 Å². The van der Waals surface area contributed by atoms with Crippen LogP contribution >= 0.6 is 59.6 Å². The Morgan fingerprint density at radius 2 is 2.19 bits per heavy atom. The maximum Gasteiger partial charge on any atom is 0.327 e. The van der Waals surface area contributed by atoms with Crippen LogP contribution in [-0.4, -0.2) is 46.6 Å². The second kappa shape index (κ2) is 3.86. The predicted molar refractivity (Wildman–Crippen MR) is 72.4 cm³/mol. The Bertz CT molecular complexity index is 378. The molecule has 2 saturated heterocycles. The third kappa shape index (κ3) is 1.52. The molecule has 0 aliphatic carbocycles. The lowest BCUT2D eigenvalue weighted by atomic mass is 9.98. The number of rotatable bonds is 2. The Kier molecular flexibility index (Phi) is 3.18. The topological polar surface area (TPSA) is 57.6 Å². The average molecular weight is 438 g/mol. The van der Waals surface area contributed by atoms with Gasteiger partial charge in [0.05, 0.1) is 4.75 Å². The zero-order chi connectivity index (χ0) is 12.3. The highest BCUT2D eigenvalue weighted by molar-refractivity contribution is 9.26. The average Bonchev–Trinajstić information content (AvgIpc) is 2.51. The molecule has 0 saturated carbocycles. The monoisotopic (exact) mass is 435 g/mol. The van der Waals surface area contributed by atoms with E-state index < -0.39 is 20.0 Å². The van der Waals surface area contributed by atoms with Gasteiger partial charge < -0.3 is 10.0 Å². The van der Waals surface area contributed by atoms with Crippen molar-refractivity contribution in [2.24, 2.45) is 0 Å². The van der Waals surface area contributed by atoms with Crippen molar-refractivity contribution in [2.75, 3.05) is 5.33 Å². The van der Waals surface area contributed by atoms with Crippen LogP contribution < -0.4 is 0 Å². The first kappa shape index (κ1) is 13.2. The highest BCUT2D eigenvalue weighted by Crippen LogP contribution is 2.60. The van der Waals surface area contributed by atoms with Gasteiger partial charge in [-0.15, -0.1) is 11.8 Å². The van der Waals surface area contributed by atoms with E-state index in [9.17, 15) is 14.7 Å². The van der Waals surface area contributed by atoms with E-state index in [0.717, 1.165) is 0 Å². The molecule has 2 heterocycles. The van der Waals surface area contributed by atoms with Crippen LogP contribution in [0.4, 0.5) is 0 Å². The van der Waals surface area contributed by atoms with Crippen LogP contribution in [0.15, 0.2) is 0 Å². The maximum absolute atomic E-state index is 11.8. The van der Waals surface area contributed by atoms with Crippen LogP contribution in [0, 0.1) is 0 Å². The van der Waals surface area contributed by atoms with Gasteiger partial charge in [0.25, 0.3) is 5.91 Å². The number of halogens is 3. The molecule has 8 heteroatoms. The summed E-state index contributed by atoms with van der Waals surface area (Å²) in [6.45, 7) is 1.85. The van der Waals surface area contributed by atoms with Crippen LogP contribution in [-0.2, 0) is 9.59 Å². The number of carbonyl (C=O) groups is 2. The van der Waals surface area contributed by atoms with Crippen molar-refractivity contribution in [2.45, 2.75) is 26.3 Å². The fraction of sp³-hybridized carbons (Fsp3) is 0.750. The molecule has 4 nitrogen and oxygen atoms in total. The third-order valence-electron chi connectivity index (χ3n) is 2.82. The zero-order valence-electron chi connectivity index (χ0n) is 8.11. The van der Waals surface area contributed by atoms with Gasteiger partial charge in [0, 0.05) is 5.33 Å². The lowest BCUT2D eigenvalue weighted by molar-refractivity contribution is -0.157. The van der Waals surface area contributed by atoms with Gasteiger partial charge in [-0.2, -0.15) is 0 Å². The quantitative estimate of drug-likeness (QED) is 0.530. The van der Waals surface area contributed by atoms with Gasteiger partial charge >= 0.3 is 5.97 Å². The van der Waals surface area contributed by atoms with E-state index in [2.05, 4.69) is 47.8 Å². The van der Waals surface area contributed by atoms with Crippen molar-refractivity contribution < 1.29 is 14.7 Å². The van der Waals surface area contributed by atoms with Crippen molar-refractivity contribution in [3.63, 3.8) is 0 Å². The number of nitrogens with zero attached hydrogens (tertiary/aromatic N) is 1. The van der Waals surface area contributed by atoms with E-state index in [1.165, 1.54) is 16.7 Å². The van der Waals surface area contributed by atoms with Gasteiger partial charge in [0.15, 0.2) is 3.23 Å². The molecular formula is C8H8Br3NO3S. The van der Waals surface area contributed by atoms with E-state index >= 15 is 0 Å². The van der Waals surface area contributed by atoms with Crippen LogP contribution in [0.2, 0.25) is 0 Å². The number of carboxylic acids is 1. The maximum atomic E-state index is 11.8. The third-order valence-corrected chi connectivity index (χ3v) is 8.22. The number of hydrogen-bond acceptors (Lipinski definition) is 3. The SMILES string of the molecule is C[C@@]1(CBr)S[C@H]2N(C(=O)C2(Br)Br)[C@H]1C(=O)O. The molecule has 2 aliphatic rings. The molecule has 0 radical (unpaired) electrons. The minimum absolute atomic E-state index is 0.177. The highest BCUT2D eigenvalue weighted by atomic mass is 79.9. The molecule has 2 fully saturated rings. The molecule has 1 N–H and O–H groups in total. The standard InChI is InChI=1S/C8H8Br3NO3S/c1-7(2-9)3(4(13)14)12-5(15)8(10,11)6(12)16-7/h3,6H,2H2,1H3,(H,13,14)/t3-,6+,7-/m0/s1. The zero-order valence-corrected chi connectivity index (χ0v) is 13.7. The number of alkyl halides is 3. The van der Waals surface area contributed by atoms with Gasteiger partial charge in [-0.1, -0.05) is 47.8 Å². The van der Waals surface area contributed by atoms with Crippen LogP contribution in [0.25, 0.3) is 0 Å². The van der Waals surface area contributed by atoms with Crippen molar-refractivity contribution in [3.8, 4) is 0 Å². The van der Waals surface area contributed by atoms with Crippen LogP contribution in [0.1, 0.15) is 6.92 Å². The number of β-lactam (4-membered cyclic amide) rings is 1. The molecule has 0 aromatic carbocycles. The van der Waals surface area contributed by atoms with Crippen molar-refractivity contribution in [1.82, 2.24) is 4.90 Å². The summed E-state index contributed by atoms with van der Waals surface area (Å²) in [6, 6.07) is -0.780. The molecule has 0 aromatic rings. The lowest BCUT2D eigenvalue weighted by Gasteiger charge is -2.46. The molecule has 0 unspecified atom stereocenters. The first-order valence-electron chi connectivity index (χ1n) is 4.43. The Labute approximate surface area is 122 Å². The number of hydrogen-bond donors (Lipinski definition) is 1. The van der Waals surface area contributed by atoms with Gasteiger partial charge in [0.1, 0.15) is 11.4 Å². The molecule has 2 rings (SSSR count). The van der Waals surface area contributed by atoms with Gasteiger partial charge in [-0.3, -0.25) is 4.79 Å². The summed E-state index contributed by atoms with van der Waals surface area (Å²) in [5.41, 5.74) is 0. The summed E-state index contributed by atoms with van der Waals surface area (Å²) >= 11 is 11.4. The van der Waals surface area contributed by atoms with Crippen molar-refractivity contribution in [3.05, 3.63) is 0 Å². The fourth-order valence-electron chi connectivity index (χ4n) is 1.97. The summed E-state index contributed by atoms with van der Waals surface area (Å²) in [7, 11) is 0. The van der Waals surface area contributed by atoms with Crippen LogP contribution in [0.3, 0.4) is 0 Å². The Balaban J connectivity index is 2.38. The molecule has 2 aliphatic heterocycles. The van der Waals surface area contributed by atoms with E-state index in [-0.39, 0.29) is 11.3 Å². The first-order valence-corrected chi connectivity index (χ1v) is 8.01. The fourth-order valence-corrected chi connectivity index (χ4v) is 5.59. The summed E-state index contributed by atoms with van der Waals surface area (Å²) in [5, 5.41) is 9.58. The van der Waals surface area contributed by atoms with E-state index in [1.807, 2.05) is 6.92 Å². The minimum Gasteiger partial charge on any atom is -0.480 e. The molecule has 1 amide bonds.